The number of nitrogens with zero attached hydrogens (tertiary/aromatic N) is 5. The maximum absolute atomic E-state index is 14.6. The molecule has 1 aromatic carbocycles. The first kappa shape index (κ1) is 24.0. The summed E-state index contributed by atoms with van der Waals surface area (Å²) in [6.07, 6.45) is 4.67. The molecule has 10 heteroatoms. The standard InChI is InChI=1S/C23H22FN7O.H2S/c1-13(10-27-20-9-19(28-12-29-20)15-8-14(2)31-30-11-15)16-4-5-18(24)21-17(23(32)25-3)6-7-26-22(16)21;/h4-9,11-13H,10H2,1-3H3,(H,25,32)(H,27,28,29);1H2/t13-;/m1./s1. The average molecular weight is 466 g/mol. The molecule has 4 rings (SSSR count). The van der Waals surface area contributed by atoms with Crippen molar-refractivity contribution in [1.29, 1.82) is 0 Å². The van der Waals surface area contributed by atoms with Gasteiger partial charge in [0.15, 0.2) is 0 Å². The Morgan fingerprint density at radius 3 is 2.73 bits per heavy atom. The smallest absolute Gasteiger partial charge is 0.251 e. The third-order valence-corrected chi connectivity index (χ3v) is 5.20. The lowest BCUT2D eigenvalue weighted by Gasteiger charge is -2.17. The topological polar surface area (TPSA) is 106 Å². The lowest BCUT2D eigenvalue weighted by molar-refractivity contribution is 0.0964. The van der Waals surface area contributed by atoms with Gasteiger partial charge in [-0.05, 0) is 30.7 Å². The molecule has 0 saturated carbocycles. The van der Waals surface area contributed by atoms with Crippen LogP contribution in [0.5, 0.6) is 0 Å². The normalized spacial score (nSPS) is 11.5. The van der Waals surface area contributed by atoms with Gasteiger partial charge in [-0.2, -0.15) is 23.7 Å². The van der Waals surface area contributed by atoms with Gasteiger partial charge >= 0.3 is 0 Å². The summed E-state index contributed by atoms with van der Waals surface area (Å²) in [4.78, 5) is 25.2. The molecule has 0 saturated heterocycles. The summed E-state index contributed by atoms with van der Waals surface area (Å²) < 4.78 is 14.6. The number of amides is 1. The van der Waals surface area contributed by atoms with Crippen molar-refractivity contribution in [3.63, 3.8) is 0 Å². The highest BCUT2D eigenvalue weighted by atomic mass is 32.1. The fraction of sp³-hybridized carbons (Fsp3) is 0.217. The number of carbonyl (C=O) groups excluding carboxylic acids is 1. The number of pyridine rings is 1. The van der Waals surface area contributed by atoms with Crippen molar-refractivity contribution in [3.8, 4) is 11.3 Å². The molecule has 170 valence electrons. The quantitative estimate of drug-likeness (QED) is 0.448. The zero-order valence-corrected chi connectivity index (χ0v) is 19.4. The Morgan fingerprint density at radius 2 is 1.97 bits per heavy atom. The number of anilines is 1. The van der Waals surface area contributed by atoms with Crippen LogP contribution in [0.1, 0.15) is 34.5 Å². The molecule has 8 nitrogen and oxygen atoms in total. The zero-order valence-electron chi connectivity index (χ0n) is 18.4. The molecule has 1 atom stereocenters. The molecule has 0 radical (unpaired) electrons. The predicted molar refractivity (Wildman–Crippen MR) is 130 cm³/mol. The van der Waals surface area contributed by atoms with E-state index in [4.69, 9.17) is 0 Å². The molecule has 0 bridgehead atoms. The van der Waals surface area contributed by atoms with Crippen LogP contribution in [0, 0.1) is 12.7 Å². The summed E-state index contributed by atoms with van der Waals surface area (Å²) in [6, 6.07) is 8.36. The number of hydrogen-bond donors (Lipinski definition) is 2. The van der Waals surface area contributed by atoms with Crippen LogP contribution in [-0.4, -0.2) is 44.6 Å². The summed E-state index contributed by atoms with van der Waals surface area (Å²) >= 11 is 0. The van der Waals surface area contributed by atoms with Crippen molar-refractivity contribution in [2.24, 2.45) is 0 Å². The first-order valence-electron chi connectivity index (χ1n) is 10.1. The van der Waals surface area contributed by atoms with Gasteiger partial charge in [-0.1, -0.05) is 13.0 Å². The van der Waals surface area contributed by atoms with Gasteiger partial charge in [0.1, 0.15) is 18.0 Å². The maximum Gasteiger partial charge on any atom is 0.251 e. The van der Waals surface area contributed by atoms with Gasteiger partial charge in [-0.15, -0.1) is 0 Å². The molecule has 33 heavy (non-hydrogen) atoms. The first-order valence-corrected chi connectivity index (χ1v) is 10.1. The van der Waals surface area contributed by atoms with E-state index >= 15 is 0 Å². The minimum absolute atomic E-state index is 0. The van der Waals surface area contributed by atoms with Crippen LogP contribution in [-0.2, 0) is 0 Å². The predicted octanol–water partition coefficient (Wildman–Crippen LogP) is 3.62. The Hall–Kier alpha value is -3.66. The number of rotatable bonds is 6. The van der Waals surface area contributed by atoms with Crippen molar-refractivity contribution < 1.29 is 9.18 Å². The number of hydrogen-bond acceptors (Lipinski definition) is 7. The van der Waals surface area contributed by atoms with E-state index in [-0.39, 0.29) is 36.3 Å². The van der Waals surface area contributed by atoms with Crippen LogP contribution >= 0.6 is 13.5 Å². The van der Waals surface area contributed by atoms with Gasteiger partial charge in [0.05, 0.1) is 28.7 Å². The second-order valence-corrected chi connectivity index (χ2v) is 7.45. The molecule has 1 amide bonds. The Morgan fingerprint density at radius 1 is 1.15 bits per heavy atom. The van der Waals surface area contributed by atoms with Crippen LogP contribution in [0.25, 0.3) is 22.2 Å². The van der Waals surface area contributed by atoms with Gasteiger partial charge in [0, 0.05) is 42.7 Å². The van der Waals surface area contributed by atoms with E-state index in [2.05, 4.69) is 35.8 Å². The molecule has 0 fully saturated rings. The third-order valence-electron chi connectivity index (χ3n) is 5.20. The summed E-state index contributed by atoms with van der Waals surface area (Å²) in [6.45, 7) is 4.40. The lowest BCUT2D eigenvalue weighted by atomic mass is 9.95. The summed E-state index contributed by atoms with van der Waals surface area (Å²) in [5.74, 6) is -0.207. The highest BCUT2D eigenvalue weighted by Crippen LogP contribution is 2.29. The van der Waals surface area contributed by atoms with Gasteiger partial charge < -0.3 is 10.6 Å². The molecule has 3 heterocycles. The van der Waals surface area contributed by atoms with Crippen molar-refractivity contribution in [3.05, 3.63) is 71.7 Å². The van der Waals surface area contributed by atoms with E-state index in [1.807, 2.05) is 26.0 Å². The van der Waals surface area contributed by atoms with Gasteiger partial charge in [-0.3, -0.25) is 9.78 Å². The van der Waals surface area contributed by atoms with E-state index in [0.717, 1.165) is 22.5 Å². The number of carbonyl (C=O) groups is 1. The molecule has 0 aliphatic carbocycles. The first-order chi connectivity index (χ1) is 15.5. The average Bonchev–Trinajstić information content (AvgIpc) is 2.82. The van der Waals surface area contributed by atoms with E-state index in [1.165, 1.54) is 31.7 Å². The van der Waals surface area contributed by atoms with Crippen LogP contribution in [0.4, 0.5) is 10.2 Å². The molecule has 4 aromatic rings. The Labute approximate surface area is 197 Å². The molecule has 0 aliphatic rings. The van der Waals surface area contributed by atoms with E-state index in [1.54, 1.807) is 12.3 Å². The summed E-state index contributed by atoms with van der Waals surface area (Å²) in [5, 5.41) is 14.0. The lowest BCUT2D eigenvalue weighted by Crippen LogP contribution is -2.19. The van der Waals surface area contributed by atoms with Crippen LogP contribution in [0.3, 0.4) is 0 Å². The minimum Gasteiger partial charge on any atom is -0.369 e. The largest absolute Gasteiger partial charge is 0.369 e. The van der Waals surface area contributed by atoms with E-state index < -0.39 is 5.82 Å². The van der Waals surface area contributed by atoms with Crippen LogP contribution in [0.15, 0.2) is 49.1 Å². The van der Waals surface area contributed by atoms with Crippen LogP contribution < -0.4 is 10.6 Å². The van der Waals surface area contributed by atoms with E-state index in [0.29, 0.717) is 17.9 Å². The summed E-state index contributed by atoms with van der Waals surface area (Å²) in [5.41, 5.74) is 3.96. The third kappa shape index (κ3) is 5.06. The SMILES string of the molecule is CNC(=O)c1ccnc2c([C@H](C)CNc3cc(-c4cnnc(C)c4)ncn3)ccc(F)c12.S. The minimum atomic E-state index is -0.475. The highest BCUT2D eigenvalue weighted by molar-refractivity contribution is 7.59. The number of fused-ring (bicyclic) bond motifs is 1. The molecular weight excluding hydrogens is 441 g/mol. The zero-order chi connectivity index (χ0) is 22.7. The molecule has 0 unspecified atom stereocenters. The Balaban J connectivity index is 0.00000306. The van der Waals surface area contributed by atoms with Crippen molar-refractivity contribution in [2.45, 2.75) is 19.8 Å². The van der Waals surface area contributed by atoms with Crippen molar-refractivity contribution in [1.82, 2.24) is 30.5 Å². The van der Waals surface area contributed by atoms with Gasteiger partial charge in [0.2, 0.25) is 0 Å². The molecule has 0 spiro atoms. The number of aromatic nitrogens is 5. The van der Waals surface area contributed by atoms with Gasteiger partial charge in [0.25, 0.3) is 5.91 Å². The summed E-state index contributed by atoms with van der Waals surface area (Å²) in [7, 11) is 1.52. The van der Waals surface area contributed by atoms with E-state index in [9.17, 15) is 9.18 Å². The number of halogens is 1. The second kappa shape index (κ2) is 10.3. The maximum atomic E-state index is 14.6. The van der Waals surface area contributed by atoms with Crippen molar-refractivity contribution in [2.75, 3.05) is 18.9 Å². The number of benzene rings is 1. The molecule has 2 N–H and O–H groups in total. The second-order valence-electron chi connectivity index (χ2n) is 7.45. The number of aryl methyl sites for hydroxylation is 1. The Kier molecular flexibility index (Phi) is 7.49. The van der Waals surface area contributed by atoms with Crippen molar-refractivity contribution >= 4 is 36.1 Å². The molecule has 3 aromatic heterocycles. The molecular formula is C23H24FN7OS. The molecule has 0 aliphatic heterocycles. The number of nitrogens with one attached hydrogen (secondary N) is 2. The highest BCUT2D eigenvalue weighted by Gasteiger charge is 2.18. The Bertz CT molecular complexity index is 1300. The fourth-order valence-corrected chi connectivity index (χ4v) is 3.56. The van der Waals surface area contributed by atoms with Gasteiger partial charge in [-0.25, -0.2) is 14.4 Å². The fourth-order valence-electron chi connectivity index (χ4n) is 3.56. The monoisotopic (exact) mass is 465 g/mol. The van der Waals surface area contributed by atoms with Crippen LogP contribution in [0.2, 0.25) is 0 Å².